The molecule has 30 heavy (non-hydrogen) atoms. The molecule has 0 atom stereocenters. The van der Waals surface area contributed by atoms with Crippen LogP contribution in [0.25, 0.3) is 0 Å². The maximum Gasteiger partial charge on any atom is 0.0699 e. The summed E-state index contributed by atoms with van der Waals surface area (Å²) in [5, 5.41) is 28.1. The summed E-state index contributed by atoms with van der Waals surface area (Å²) in [6, 6.07) is 13.0. The second-order valence-electron chi connectivity index (χ2n) is 11.1. The Morgan fingerprint density at radius 1 is 0.533 bits per heavy atom. The molecule has 4 nitrogen and oxygen atoms in total. The molecule has 2 aromatic carbocycles. The zero-order chi connectivity index (χ0) is 22.3. The molecule has 0 saturated carbocycles. The lowest BCUT2D eigenvalue weighted by molar-refractivity contribution is -0.266. The van der Waals surface area contributed by atoms with Crippen molar-refractivity contribution in [1.82, 2.24) is 10.1 Å². The molecule has 0 aliphatic carbocycles. The van der Waals surface area contributed by atoms with Gasteiger partial charge in [-0.3, -0.25) is 0 Å². The third-order valence-corrected chi connectivity index (χ3v) is 7.54. The number of hydroxylamine groups is 4. The highest BCUT2D eigenvalue weighted by Crippen LogP contribution is 2.49. The molecular formula is C26H34N2O2. The van der Waals surface area contributed by atoms with E-state index in [9.17, 15) is 10.4 Å². The molecule has 160 valence electrons. The fourth-order valence-corrected chi connectivity index (χ4v) is 5.70. The number of fused-ring (bicyclic) bond motifs is 2. The summed E-state index contributed by atoms with van der Waals surface area (Å²) in [5.41, 5.74) is 4.99. The lowest BCUT2D eigenvalue weighted by Crippen LogP contribution is -2.41. The van der Waals surface area contributed by atoms with Gasteiger partial charge in [-0.05, 0) is 102 Å². The van der Waals surface area contributed by atoms with E-state index in [0.717, 1.165) is 35.1 Å². The molecule has 4 rings (SSSR count). The molecule has 2 radical (unpaired) electrons. The molecule has 4 heteroatoms. The fourth-order valence-electron chi connectivity index (χ4n) is 5.70. The Labute approximate surface area is 181 Å². The van der Waals surface area contributed by atoms with Gasteiger partial charge in [-0.2, -0.15) is 0 Å². The molecule has 0 fully saturated rings. The zero-order valence-corrected chi connectivity index (χ0v) is 19.6. The molecule has 0 spiro atoms. The summed E-state index contributed by atoms with van der Waals surface area (Å²) < 4.78 is 0. The summed E-state index contributed by atoms with van der Waals surface area (Å²) in [6.45, 7) is 16.0. The first-order valence-corrected chi connectivity index (χ1v) is 10.9. The maximum absolute atomic E-state index is 12.8. The van der Waals surface area contributed by atoms with E-state index in [1.165, 1.54) is 21.3 Å². The molecule has 0 N–H and O–H groups in total. The highest BCUT2D eigenvalue weighted by Gasteiger charge is 2.51. The van der Waals surface area contributed by atoms with Crippen LogP contribution in [0.3, 0.4) is 0 Å². The molecule has 2 aliphatic heterocycles. The fraction of sp³-hybridized carbons (Fsp3) is 0.538. The predicted molar refractivity (Wildman–Crippen MR) is 117 cm³/mol. The van der Waals surface area contributed by atoms with Crippen LogP contribution in [0.15, 0.2) is 36.4 Å². The van der Waals surface area contributed by atoms with Crippen molar-refractivity contribution in [3.63, 3.8) is 0 Å². The Morgan fingerprint density at radius 3 is 1.17 bits per heavy atom. The van der Waals surface area contributed by atoms with Gasteiger partial charge in [0.1, 0.15) is 0 Å². The number of hydrogen-bond donors (Lipinski definition) is 0. The van der Waals surface area contributed by atoms with Gasteiger partial charge in [0, 0.05) is 0 Å². The Kier molecular flexibility index (Phi) is 4.58. The minimum atomic E-state index is -0.518. The average molecular weight is 407 g/mol. The third kappa shape index (κ3) is 2.81. The SMILES string of the molecule is CC1(C)c2ccc(CCc3ccc4c(c3)C(C)(C)N([O])C4(C)C)cc2C(C)(C)N1[O]. The van der Waals surface area contributed by atoms with Gasteiger partial charge in [0.15, 0.2) is 0 Å². The lowest BCUT2D eigenvalue weighted by Gasteiger charge is -2.32. The Morgan fingerprint density at radius 2 is 0.833 bits per heavy atom. The van der Waals surface area contributed by atoms with E-state index < -0.39 is 22.2 Å². The molecule has 0 aromatic heterocycles. The Hall–Kier alpha value is -1.72. The largest absolute Gasteiger partial charge is 0.135 e. The van der Waals surface area contributed by atoms with Crippen molar-refractivity contribution in [3.8, 4) is 0 Å². The second kappa shape index (κ2) is 6.39. The van der Waals surface area contributed by atoms with E-state index in [4.69, 9.17) is 0 Å². The normalized spacial score (nSPS) is 23.4. The second-order valence-corrected chi connectivity index (χ2v) is 11.1. The predicted octanol–water partition coefficient (Wildman–Crippen LogP) is 5.73. The van der Waals surface area contributed by atoms with E-state index in [2.05, 4.69) is 36.4 Å². The molecule has 0 amide bonds. The smallest absolute Gasteiger partial charge is 0.0699 e. The van der Waals surface area contributed by atoms with E-state index in [1.807, 2.05) is 55.4 Å². The Balaban J connectivity index is 1.60. The van der Waals surface area contributed by atoms with E-state index in [0.29, 0.717) is 0 Å². The summed E-state index contributed by atoms with van der Waals surface area (Å²) in [5.74, 6) is 0. The molecule has 2 aliphatic rings. The number of aryl methyl sites for hydroxylation is 2. The monoisotopic (exact) mass is 406 g/mol. The highest BCUT2D eigenvalue weighted by molar-refractivity contribution is 5.46. The first kappa shape index (κ1) is 21.5. The van der Waals surface area contributed by atoms with Crippen LogP contribution >= 0.6 is 0 Å². The van der Waals surface area contributed by atoms with Crippen molar-refractivity contribution in [1.29, 1.82) is 0 Å². The molecule has 0 bridgehead atoms. The molecule has 0 saturated heterocycles. The van der Waals surface area contributed by atoms with Crippen LogP contribution in [0.4, 0.5) is 0 Å². The summed E-state index contributed by atoms with van der Waals surface area (Å²) in [7, 11) is 0. The summed E-state index contributed by atoms with van der Waals surface area (Å²) >= 11 is 0. The van der Waals surface area contributed by atoms with Crippen LogP contribution in [0.1, 0.15) is 88.8 Å². The van der Waals surface area contributed by atoms with Gasteiger partial charge in [-0.15, -0.1) is 20.5 Å². The molecule has 2 aromatic rings. The minimum Gasteiger partial charge on any atom is -0.135 e. The zero-order valence-electron chi connectivity index (χ0n) is 19.6. The van der Waals surface area contributed by atoms with Crippen molar-refractivity contribution in [2.24, 2.45) is 0 Å². The number of nitrogens with zero attached hydrogens (tertiary/aromatic N) is 2. The summed E-state index contributed by atoms with van der Waals surface area (Å²) in [6.07, 6.45) is 1.82. The highest BCUT2D eigenvalue weighted by atomic mass is 16.5. The van der Waals surface area contributed by atoms with Crippen molar-refractivity contribution in [2.45, 2.75) is 90.4 Å². The van der Waals surface area contributed by atoms with Crippen LogP contribution in [-0.4, -0.2) is 10.1 Å². The van der Waals surface area contributed by atoms with Gasteiger partial charge in [-0.1, -0.05) is 36.4 Å². The van der Waals surface area contributed by atoms with Crippen LogP contribution in [-0.2, 0) is 45.4 Å². The third-order valence-electron chi connectivity index (χ3n) is 7.54. The van der Waals surface area contributed by atoms with Crippen molar-refractivity contribution < 1.29 is 10.4 Å². The summed E-state index contributed by atoms with van der Waals surface area (Å²) in [4.78, 5) is 0. The first-order valence-electron chi connectivity index (χ1n) is 10.9. The topological polar surface area (TPSA) is 46.3 Å². The standard InChI is InChI=1S/C26H34N2O2/c1-23(2)19-13-11-17(15-21(19)25(5,6)27(23)29)9-10-18-12-14-20-22(16-18)26(7,8)28(30)24(20,3)4/h11-16H,9-10H2,1-8H3. The molecule has 0 unspecified atom stereocenters. The lowest BCUT2D eigenvalue weighted by atomic mass is 9.87. The van der Waals surface area contributed by atoms with Gasteiger partial charge < -0.3 is 0 Å². The van der Waals surface area contributed by atoms with E-state index >= 15 is 0 Å². The van der Waals surface area contributed by atoms with Gasteiger partial charge in [0.25, 0.3) is 0 Å². The van der Waals surface area contributed by atoms with E-state index in [1.54, 1.807) is 0 Å². The number of rotatable bonds is 3. The van der Waals surface area contributed by atoms with Crippen LogP contribution < -0.4 is 0 Å². The first-order chi connectivity index (χ1) is 13.7. The molecular weight excluding hydrogens is 372 g/mol. The van der Waals surface area contributed by atoms with Crippen LogP contribution in [0.2, 0.25) is 0 Å². The number of hydrogen-bond acceptors (Lipinski definition) is 2. The van der Waals surface area contributed by atoms with Gasteiger partial charge in [0.05, 0.1) is 22.2 Å². The van der Waals surface area contributed by atoms with Crippen LogP contribution in [0, 0.1) is 0 Å². The Bertz CT molecular complexity index is 923. The van der Waals surface area contributed by atoms with Crippen molar-refractivity contribution >= 4 is 0 Å². The van der Waals surface area contributed by atoms with Crippen molar-refractivity contribution in [2.75, 3.05) is 0 Å². The average Bonchev–Trinajstić information content (AvgIpc) is 2.91. The van der Waals surface area contributed by atoms with Crippen molar-refractivity contribution in [3.05, 3.63) is 69.8 Å². The van der Waals surface area contributed by atoms with Crippen LogP contribution in [0.5, 0.6) is 0 Å². The molecule has 2 heterocycles. The quantitative estimate of drug-likeness (QED) is 0.653. The van der Waals surface area contributed by atoms with Gasteiger partial charge in [0.2, 0.25) is 0 Å². The van der Waals surface area contributed by atoms with Gasteiger partial charge in [-0.25, -0.2) is 0 Å². The minimum absolute atomic E-state index is 0.500. The van der Waals surface area contributed by atoms with Gasteiger partial charge >= 0.3 is 0 Å². The maximum atomic E-state index is 12.8. The van der Waals surface area contributed by atoms with E-state index in [-0.39, 0.29) is 0 Å². The number of benzene rings is 2.